The Hall–Kier alpha value is -1.73. The van der Waals surface area contributed by atoms with Crippen molar-refractivity contribution in [3.05, 3.63) is 24.3 Å². The van der Waals surface area contributed by atoms with Gasteiger partial charge in [-0.25, -0.2) is 0 Å². The molecule has 3 fully saturated rings. The van der Waals surface area contributed by atoms with Crippen molar-refractivity contribution in [1.82, 2.24) is 5.32 Å². The molecule has 3 heterocycles. The molecule has 0 aliphatic carbocycles. The van der Waals surface area contributed by atoms with Gasteiger partial charge in [0.25, 0.3) is 0 Å². The van der Waals surface area contributed by atoms with Crippen LogP contribution >= 0.6 is 0 Å². The maximum absolute atomic E-state index is 13.4. The number of amides is 1. The zero-order chi connectivity index (χ0) is 61.2. The SMILES string of the molecule is CCCC/C=C\C/C=C\CCCCCCCC(=O)NC(COC1OC(CO)C(OC2OC(CO)C(OC3OC(CO)C(O)C(O)C3O)C(O)C2O)C(O)C1O)C(O)CCCCCCCCCCCCCCCCCCCCCCCCCCC. The van der Waals surface area contributed by atoms with Crippen LogP contribution in [0.25, 0.3) is 0 Å². The van der Waals surface area contributed by atoms with Gasteiger partial charge in [-0.3, -0.25) is 4.79 Å². The summed E-state index contributed by atoms with van der Waals surface area (Å²) in [5.41, 5.74) is 0. The number of nitrogens with one attached hydrogen (secondary N) is 1. The monoisotopic (exact) mass is 1200 g/mol. The summed E-state index contributed by atoms with van der Waals surface area (Å²) in [5.74, 6) is -0.255. The number of carbonyl (C=O) groups excluding carboxylic acids is 1. The largest absolute Gasteiger partial charge is 0.394 e. The predicted octanol–water partition coefficient (Wildman–Crippen LogP) is 7.88. The predicted molar refractivity (Wildman–Crippen MR) is 323 cm³/mol. The van der Waals surface area contributed by atoms with Crippen LogP contribution in [0.2, 0.25) is 0 Å². The molecule has 12 N–H and O–H groups in total. The molecule has 1 amide bonds. The second kappa shape index (κ2) is 48.2. The lowest BCUT2D eigenvalue weighted by Crippen LogP contribution is -2.66. The zero-order valence-electron chi connectivity index (χ0n) is 51.9. The summed E-state index contributed by atoms with van der Waals surface area (Å²) in [5, 5.41) is 120. The van der Waals surface area contributed by atoms with Crippen LogP contribution in [0.3, 0.4) is 0 Å². The average Bonchev–Trinajstić information content (AvgIpc) is 2.80. The molecule has 19 heteroatoms. The van der Waals surface area contributed by atoms with Gasteiger partial charge in [-0.2, -0.15) is 0 Å². The number of hydrogen-bond donors (Lipinski definition) is 12. The molecule has 17 atom stereocenters. The Morgan fingerprint density at radius 1 is 0.429 bits per heavy atom. The number of unbranched alkanes of at least 4 members (excludes halogenated alkanes) is 31. The van der Waals surface area contributed by atoms with E-state index in [1.807, 2.05) is 0 Å². The second-order valence-electron chi connectivity index (χ2n) is 24.3. The smallest absolute Gasteiger partial charge is 0.220 e. The summed E-state index contributed by atoms with van der Waals surface area (Å²) in [6, 6.07) is -0.893. The first kappa shape index (κ1) is 76.5. The Labute approximate surface area is 505 Å². The van der Waals surface area contributed by atoms with Gasteiger partial charge in [0, 0.05) is 6.42 Å². The van der Waals surface area contributed by atoms with Crippen molar-refractivity contribution in [1.29, 1.82) is 0 Å². The number of aliphatic hydroxyl groups is 11. The molecule has 3 rings (SSSR count). The highest BCUT2D eigenvalue weighted by molar-refractivity contribution is 5.76. The maximum atomic E-state index is 13.4. The first-order valence-corrected chi connectivity index (χ1v) is 33.6. The van der Waals surface area contributed by atoms with Crippen LogP contribution in [-0.2, 0) is 33.2 Å². The van der Waals surface area contributed by atoms with Crippen molar-refractivity contribution < 1.29 is 89.4 Å². The molecular weight excluding hydrogens is 1080 g/mol. The van der Waals surface area contributed by atoms with E-state index in [9.17, 15) is 61.0 Å². The van der Waals surface area contributed by atoms with Gasteiger partial charge in [-0.15, -0.1) is 0 Å². The molecule has 84 heavy (non-hydrogen) atoms. The van der Waals surface area contributed by atoms with Crippen molar-refractivity contribution >= 4 is 5.91 Å². The van der Waals surface area contributed by atoms with Crippen molar-refractivity contribution in [2.24, 2.45) is 0 Å². The van der Waals surface area contributed by atoms with E-state index < -0.39 is 124 Å². The van der Waals surface area contributed by atoms with Crippen LogP contribution in [0, 0.1) is 0 Å². The first-order valence-electron chi connectivity index (χ1n) is 33.6. The van der Waals surface area contributed by atoms with Crippen molar-refractivity contribution in [3.63, 3.8) is 0 Å². The highest BCUT2D eigenvalue weighted by atomic mass is 16.8. The average molecular weight is 1200 g/mol. The van der Waals surface area contributed by atoms with Crippen LogP contribution in [0.4, 0.5) is 0 Å². The molecule has 0 aromatic carbocycles. The van der Waals surface area contributed by atoms with E-state index >= 15 is 0 Å². The van der Waals surface area contributed by atoms with Crippen LogP contribution in [-0.4, -0.2) is 193 Å². The zero-order valence-corrected chi connectivity index (χ0v) is 51.9. The summed E-state index contributed by atoms with van der Waals surface area (Å²) in [4.78, 5) is 13.4. The van der Waals surface area contributed by atoms with Gasteiger partial charge >= 0.3 is 0 Å². The minimum atomic E-state index is -1.97. The Bertz CT molecular complexity index is 1630. The molecule has 0 aromatic rings. The lowest BCUT2D eigenvalue weighted by Gasteiger charge is -2.48. The quantitative estimate of drug-likeness (QED) is 0.0204. The molecule has 494 valence electrons. The van der Waals surface area contributed by atoms with Crippen LogP contribution in [0.1, 0.15) is 251 Å². The molecule has 0 aromatic heterocycles. The van der Waals surface area contributed by atoms with Crippen LogP contribution < -0.4 is 5.32 Å². The molecular formula is C65H121NO18. The first-order chi connectivity index (χ1) is 40.8. The van der Waals surface area contributed by atoms with E-state index in [0.29, 0.717) is 12.8 Å². The highest BCUT2D eigenvalue weighted by Gasteiger charge is 2.53. The number of allylic oxidation sites excluding steroid dienone is 4. The number of aliphatic hydroxyl groups excluding tert-OH is 11. The third-order valence-corrected chi connectivity index (χ3v) is 17.0. The van der Waals surface area contributed by atoms with Gasteiger partial charge in [-0.05, 0) is 38.5 Å². The van der Waals surface area contributed by atoms with E-state index in [1.54, 1.807) is 0 Å². The minimum absolute atomic E-state index is 0.251. The highest BCUT2D eigenvalue weighted by Crippen LogP contribution is 2.33. The topological polar surface area (TPSA) is 307 Å². The third kappa shape index (κ3) is 30.7. The van der Waals surface area contributed by atoms with Gasteiger partial charge in [0.1, 0.15) is 73.2 Å². The van der Waals surface area contributed by atoms with Crippen molar-refractivity contribution in [3.8, 4) is 0 Å². The van der Waals surface area contributed by atoms with Gasteiger partial charge in [0.15, 0.2) is 18.9 Å². The molecule has 17 unspecified atom stereocenters. The summed E-state index contributed by atoms with van der Waals surface area (Å²) in [7, 11) is 0. The standard InChI is InChI=1S/C65H121NO18/c1-3-5-7-9-11-13-15-17-19-20-21-22-23-24-25-26-27-28-29-30-32-34-36-38-40-42-49(70)48(66-53(71)43-41-39-37-35-33-31-18-16-14-12-10-8-6-4-2)47-79-63-59(77)56(74)61(51(45-68)81-63)84-65-60(78)57(75)62(52(46-69)82-65)83-64-58(76)55(73)54(72)50(44-67)80-64/h10,12,16,18,48-52,54-65,67-70,72-78H,3-9,11,13-15,17,19-47H2,1-2H3,(H,66,71)/b12-10-,18-16-. The Morgan fingerprint density at radius 2 is 0.798 bits per heavy atom. The Balaban J connectivity index is 1.43. The molecule has 0 radical (unpaired) electrons. The normalized spacial score (nSPS) is 29.3. The van der Waals surface area contributed by atoms with Crippen molar-refractivity contribution in [2.75, 3.05) is 26.4 Å². The summed E-state index contributed by atoms with van der Waals surface area (Å²) in [6.07, 6.45) is 25.5. The van der Waals surface area contributed by atoms with Crippen LogP contribution in [0.15, 0.2) is 24.3 Å². The van der Waals surface area contributed by atoms with E-state index in [-0.39, 0.29) is 18.9 Å². The summed E-state index contributed by atoms with van der Waals surface area (Å²) < 4.78 is 34.4. The second-order valence-corrected chi connectivity index (χ2v) is 24.3. The van der Waals surface area contributed by atoms with E-state index in [0.717, 1.165) is 70.6 Å². The molecule has 0 bridgehead atoms. The molecule has 0 spiro atoms. The lowest BCUT2D eigenvalue weighted by molar-refractivity contribution is -0.379. The minimum Gasteiger partial charge on any atom is -0.394 e. The fourth-order valence-corrected chi connectivity index (χ4v) is 11.5. The van der Waals surface area contributed by atoms with Crippen molar-refractivity contribution in [2.45, 2.75) is 356 Å². The Morgan fingerprint density at radius 3 is 1.25 bits per heavy atom. The van der Waals surface area contributed by atoms with Gasteiger partial charge in [0.2, 0.25) is 5.91 Å². The van der Waals surface area contributed by atoms with Gasteiger partial charge in [-0.1, -0.05) is 231 Å². The fourth-order valence-electron chi connectivity index (χ4n) is 11.5. The molecule has 19 nitrogen and oxygen atoms in total. The number of ether oxygens (including phenoxy) is 6. The molecule has 0 saturated carbocycles. The Kier molecular flexibility index (Phi) is 43.9. The van der Waals surface area contributed by atoms with Gasteiger partial charge < -0.3 is 89.9 Å². The lowest BCUT2D eigenvalue weighted by atomic mass is 9.96. The summed E-state index contributed by atoms with van der Waals surface area (Å²) >= 11 is 0. The molecule has 3 aliphatic heterocycles. The number of rotatable bonds is 51. The van der Waals surface area contributed by atoms with E-state index in [1.165, 1.54) is 148 Å². The summed E-state index contributed by atoms with van der Waals surface area (Å²) in [6.45, 7) is 1.76. The molecule has 3 saturated heterocycles. The molecule has 3 aliphatic rings. The number of carbonyl (C=O) groups is 1. The fraction of sp³-hybridized carbons (Fsp3) is 0.923. The van der Waals surface area contributed by atoms with E-state index in [4.69, 9.17) is 28.4 Å². The maximum Gasteiger partial charge on any atom is 0.220 e. The van der Waals surface area contributed by atoms with Gasteiger partial charge in [0.05, 0.1) is 38.6 Å². The number of hydrogen-bond acceptors (Lipinski definition) is 18. The van der Waals surface area contributed by atoms with Crippen LogP contribution in [0.5, 0.6) is 0 Å². The van der Waals surface area contributed by atoms with E-state index in [2.05, 4.69) is 43.5 Å². The third-order valence-electron chi connectivity index (χ3n) is 17.0.